The summed E-state index contributed by atoms with van der Waals surface area (Å²) in [6.07, 6.45) is 0.698. The minimum Gasteiger partial charge on any atom is -0.472 e. The summed E-state index contributed by atoms with van der Waals surface area (Å²) >= 11 is 2.20. The molecule has 0 unspecified atom stereocenters. The summed E-state index contributed by atoms with van der Waals surface area (Å²) in [7, 11) is -0.793. The van der Waals surface area contributed by atoms with Gasteiger partial charge in [-0.25, -0.2) is 23.5 Å². The third kappa shape index (κ3) is 7.42. The van der Waals surface area contributed by atoms with Crippen molar-refractivity contribution in [2.24, 2.45) is 0 Å². The van der Waals surface area contributed by atoms with Crippen LogP contribution < -0.4 is 14.4 Å². The van der Waals surface area contributed by atoms with Crippen molar-refractivity contribution in [2.75, 3.05) is 38.6 Å². The fraction of sp³-hybridized carbons (Fsp3) is 0.553. The minimum absolute atomic E-state index is 0.0149. The van der Waals surface area contributed by atoms with Gasteiger partial charge in [-0.2, -0.15) is 0 Å². The smallest absolute Gasteiger partial charge is 0.410 e. The quantitative estimate of drug-likeness (QED) is 0.0740. The Labute approximate surface area is 372 Å². The lowest BCUT2D eigenvalue weighted by Crippen LogP contribution is -2.65. The lowest BCUT2D eigenvalue weighted by Gasteiger charge is -2.48. The van der Waals surface area contributed by atoms with Gasteiger partial charge in [-0.05, 0) is 103 Å². The molecule has 0 N–H and O–H groups in total. The maximum atomic E-state index is 18.2. The molecule has 8 rings (SSSR count). The van der Waals surface area contributed by atoms with Crippen molar-refractivity contribution in [3.8, 4) is 34.4 Å². The highest BCUT2D eigenvalue weighted by molar-refractivity contribution is 14.1. The minimum atomic E-state index is -2.32. The van der Waals surface area contributed by atoms with Crippen LogP contribution in [0.3, 0.4) is 0 Å². The van der Waals surface area contributed by atoms with Crippen LogP contribution in [0.25, 0.3) is 32.8 Å². The molecule has 4 aromatic rings. The van der Waals surface area contributed by atoms with E-state index < -0.39 is 31.4 Å². The van der Waals surface area contributed by atoms with E-state index in [1.54, 1.807) is 18.2 Å². The molecule has 326 valence electrons. The predicted molar refractivity (Wildman–Crippen MR) is 245 cm³/mol. The van der Waals surface area contributed by atoms with E-state index in [0.29, 0.717) is 78.6 Å². The molecule has 14 heteroatoms. The van der Waals surface area contributed by atoms with Crippen LogP contribution >= 0.6 is 22.6 Å². The summed E-state index contributed by atoms with van der Waals surface area (Å²) in [5.74, 6) is 3.46. The summed E-state index contributed by atoms with van der Waals surface area (Å²) in [6, 6.07) is 5.89. The van der Waals surface area contributed by atoms with Crippen molar-refractivity contribution in [1.29, 1.82) is 0 Å². The lowest BCUT2D eigenvalue weighted by atomic mass is 9.94. The first-order valence-electron chi connectivity index (χ1n) is 21.5. The highest BCUT2D eigenvalue weighted by Crippen LogP contribution is 2.50. The Morgan fingerprint density at radius 2 is 1.72 bits per heavy atom. The van der Waals surface area contributed by atoms with Crippen LogP contribution in [0.1, 0.15) is 99.3 Å². The number of amides is 1. The van der Waals surface area contributed by atoms with Gasteiger partial charge >= 0.3 is 6.09 Å². The number of carbonyl (C=O) groups excluding carboxylic acids is 1. The second-order valence-electron chi connectivity index (χ2n) is 19.0. The van der Waals surface area contributed by atoms with Crippen molar-refractivity contribution < 1.29 is 37.3 Å². The van der Waals surface area contributed by atoms with E-state index in [1.807, 2.05) is 32.6 Å². The largest absolute Gasteiger partial charge is 0.472 e. The maximum absolute atomic E-state index is 18.2. The number of hydrogen-bond acceptors (Lipinski definition) is 9. The van der Waals surface area contributed by atoms with Gasteiger partial charge in [0.25, 0.3) is 0 Å². The molecule has 3 saturated heterocycles. The number of carbonyl (C=O) groups is 1. The maximum Gasteiger partial charge on any atom is 0.410 e. The highest BCUT2D eigenvalue weighted by atomic mass is 127. The van der Waals surface area contributed by atoms with E-state index >= 15 is 8.78 Å². The molecule has 0 spiro atoms. The molecule has 6 heterocycles. The SMILES string of the molecule is COCOc1cc(-c2nc3c4c(nc(C5COC5)c(I)c4c2F)N2C[C@H]4CC[C@@H]([C@H]2[C@H](C)O3)N4C(=O)OC(C)(C)C)c2c(C#C[Si](C(C)C)(C(C)C)C(C)C)c(F)ccc2c1. The van der Waals surface area contributed by atoms with Crippen LogP contribution in [-0.4, -0.2) is 92.5 Å². The van der Waals surface area contributed by atoms with Gasteiger partial charge in [0.05, 0.1) is 48.0 Å². The number of ether oxygens (including phenoxy) is 5. The third-order valence-corrected chi connectivity index (χ3v) is 20.7. The van der Waals surface area contributed by atoms with E-state index in [4.69, 9.17) is 33.7 Å². The molecule has 4 aliphatic rings. The number of fused-ring (bicyclic) bond motifs is 6. The van der Waals surface area contributed by atoms with Crippen molar-refractivity contribution >= 4 is 64.1 Å². The summed E-state index contributed by atoms with van der Waals surface area (Å²) in [5, 5.41) is 1.86. The van der Waals surface area contributed by atoms with E-state index in [2.05, 4.69) is 80.5 Å². The number of pyridine rings is 2. The topological polar surface area (TPSA) is 95.5 Å². The number of anilines is 1. The zero-order valence-electron chi connectivity index (χ0n) is 37.0. The van der Waals surface area contributed by atoms with Gasteiger partial charge in [0, 0.05) is 39.5 Å². The number of nitrogens with zero attached hydrogens (tertiary/aromatic N) is 4. The van der Waals surface area contributed by atoms with Crippen LogP contribution in [0, 0.1) is 26.7 Å². The Morgan fingerprint density at radius 1 is 1.02 bits per heavy atom. The zero-order chi connectivity index (χ0) is 43.9. The molecule has 10 nitrogen and oxygen atoms in total. The van der Waals surface area contributed by atoms with Crippen LogP contribution in [0.2, 0.25) is 16.6 Å². The zero-order valence-corrected chi connectivity index (χ0v) is 40.2. The number of rotatable bonds is 8. The number of methoxy groups -OCH3 is 1. The van der Waals surface area contributed by atoms with Crippen LogP contribution in [0.5, 0.6) is 11.6 Å². The summed E-state index contributed by atoms with van der Waals surface area (Å²) in [6.45, 7) is 22.3. The molecule has 4 aliphatic heterocycles. The monoisotopic (exact) mass is 966 g/mol. The molecule has 2 bridgehead atoms. The molecule has 0 saturated carbocycles. The molecule has 2 aromatic heterocycles. The number of hydrogen-bond donors (Lipinski definition) is 0. The van der Waals surface area contributed by atoms with E-state index in [-0.39, 0.29) is 54.1 Å². The van der Waals surface area contributed by atoms with Crippen LogP contribution in [-0.2, 0) is 14.2 Å². The molecule has 4 atom stereocenters. The lowest BCUT2D eigenvalue weighted by molar-refractivity contribution is 0.000702. The second-order valence-corrected chi connectivity index (χ2v) is 25.7. The molecule has 61 heavy (non-hydrogen) atoms. The van der Waals surface area contributed by atoms with E-state index in [0.717, 1.165) is 18.5 Å². The third-order valence-electron chi connectivity index (χ3n) is 13.3. The first-order chi connectivity index (χ1) is 28.9. The van der Waals surface area contributed by atoms with Crippen LogP contribution in [0.4, 0.5) is 19.4 Å². The van der Waals surface area contributed by atoms with Gasteiger partial charge in [0.1, 0.15) is 42.9 Å². The number of halogens is 3. The van der Waals surface area contributed by atoms with Crippen LogP contribution in [0.15, 0.2) is 24.3 Å². The van der Waals surface area contributed by atoms with Gasteiger partial charge < -0.3 is 28.6 Å². The number of benzene rings is 2. The number of piperazine rings is 1. The molecule has 0 aliphatic carbocycles. The summed E-state index contributed by atoms with van der Waals surface area (Å²) < 4.78 is 65.1. The van der Waals surface area contributed by atoms with E-state index in [1.165, 1.54) is 13.2 Å². The molecule has 2 aromatic carbocycles. The average molecular weight is 967 g/mol. The molecular weight excluding hydrogens is 910 g/mol. The van der Waals surface area contributed by atoms with Gasteiger partial charge in [0.15, 0.2) is 12.6 Å². The fourth-order valence-electron chi connectivity index (χ4n) is 10.6. The van der Waals surface area contributed by atoms with E-state index in [9.17, 15) is 4.79 Å². The first kappa shape index (κ1) is 43.8. The molecule has 0 radical (unpaired) electrons. The Hall–Kier alpha value is -3.78. The van der Waals surface area contributed by atoms with Gasteiger partial charge in [-0.1, -0.05) is 53.5 Å². The van der Waals surface area contributed by atoms with Gasteiger partial charge in [0.2, 0.25) is 5.88 Å². The van der Waals surface area contributed by atoms with Gasteiger partial charge in [-0.3, -0.25) is 4.90 Å². The van der Waals surface area contributed by atoms with Gasteiger partial charge in [-0.15, -0.1) is 5.54 Å². The first-order valence-corrected chi connectivity index (χ1v) is 24.8. The average Bonchev–Trinajstić information content (AvgIpc) is 3.41. The van der Waals surface area contributed by atoms with Crippen molar-refractivity contribution in [3.63, 3.8) is 0 Å². The second kappa shape index (κ2) is 16.4. The van der Waals surface area contributed by atoms with Crippen molar-refractivity contribution in [3.05, 3.63) is 50.7 Å². The normalized spacial score (nSPS) is 21.4. The van der Waals surface area contributed by atoms with Crippen molar-refractivity contribution in [1.82, 2.24) is 14.9 Å². The Bertz CT molecular complexity index is 2440. The standard InChI is InChI=1S/C47H57F2IN4O6Si/c1-24(2)61(25(3)4,26(5)6)17-16-32-34(48)14-12-28-18-31(58-23-56-11)19-33(36(28)32)42-39(49)37-38-44(51-41(40(37)50)29-21-57-22-29)53-20-30-13-15-35(43(53)27(7)59-45(38)52-42)54(30)46(55)60-47(8,9)10/h12,14,18-19,24-27,29-30,35,43H,13,15,20-23H2,1-11H3/t27-,30+,35-,43+/m0/s1. The Balaban J connectivity index is 1.39. The molecule has 3 fully saturated rings. The number of aromatic nitrogens is 2. The fourth-order valence-corrected chi connectivity index (χ4v) is 16.9. The predicted octanol–water partition coefficient (Wildman–Crippen LogP) is 10.7. The highest BCUT2D eigenvalue weighted by Gasteiger charge is 2.54. The van der Waals surface area contributed by atoms with Crippen molar-refractivity contribution in [2.45, 2.75) is 134 Å². The molecular formula is C47H57F2IN4O6Si. The molecule has 1 amide bonds. The summed E-state index contributed by atoms with van der Waals surface area (Å²) in [5.41, 5.74) is 5.23. The Kier molecular flexibility index (Phi) is 11.8. The Morgan fingerprint density at radius 3 is 2.34 bits per heavy atom. The summed E-state index contributed by atoms with van der Waals surface area (Å²) in [4.78, 5) is 28.3.